The lowest BCUT2D eigenvalue weighted by Crippen LogP contribution is -2.49. The van der Waals surface area contributed by atoms with Gasteiger partial charge < -0.3 is 19.6 Å². The molecule has 2 amide bonds. The number of carbonyl (C=O) groups excluding carboxylic acids is 2. The Bertz CT molecular complexity index is 615. The summed E-state index contributed by atoms with van der Waals surface area (Å²) in [7, 11) is 3.91. The van der Waals surface area contributed by atoms with E-state index in [9.17, 15) is 14.0 Å². The highest BCUT2D eigenvalue weighted by atomic mass is 19.1. The van der Waals surface area contributed by atoms with E-state index in [1.54, 1.807) is 17.0 Å². The summed E-state index contributed by atoms with van der Waals surface area (Å²) in [6.45, 7) is 5.75. The Morgan fingerprint density at radius 2 is 1.69 bits per heavy atom. The summed E-state index contributed by atoms with van der Waals surface area (Å²) in [5.41, 5.74) is 0.589. The van der Waals surface area contributed by atoms with Crippen LogP contribution in [0.1, 0.15) is 13.3 Å². The third-order valence-electron chi connectivity index (χ3n) is 4.68. The Labute approximate surface area is 155 Å². The summed E-state index contributed by atoms with van der Waals surface area (Å²) >= 11 is 0. The minimum absolute atomic E-state index is 0.0102. The molecule has 1 aromatic carbocycles. The topological polar surface area (TPSA) is 47.1 Å². The Kier molecular flexibility index (Phi) is 7.38. The lowest BCUT2D eigenvalue weighted by molar-refractivity contribution is -0.133. The SMILES string of the molecule is CC(=O)N(CCC(=O)N1CCN(c2ccccc2F)CC1)CCN(C)C. The minimum Gasteiger partial charge on any atom is -0.366 e. The van der Waals surface area contributed by atoms with Gasteiger partial charge in [0.05, 0.1) is 5.69 Å². The van der Waals surface area contributed by atoms with Gasteiger partial charge in [-0.2, -0.15) is 0 Å². The molecule has 1 fully saturated rings. The highest BCUT2D eigenvalue weighted by Crippen LogP contribution is 2.20. The number of rotatable bonds is 7. The van der Waals surface area contributed by atoms with Crippen molar-refractivity contribution in [1.82, 2.24) is 14.7 Å². The van der Waals surface area contributed by atoms with Crippen LogP contribution in [0.5, 0.6) is 0 Å². The third-order valence-corrected chi connectivity index (χ3v) is 4.68. The quantitative estimate of drug-likeness (QED) is 0.731. The van der Waals surface area contributed by atoms with Gasteiger partial charge in [-0.3, -0.25) is 9.59 Å². The standard InChI is InChI=1S/C19H29FN4O2/c1-16(25)22(11-10-21(2)3)9-8-19(26)24-14-12-23(13-15-24)18-7-5-4-6-17(18)20/h4-7H,8-15H2,1-3H3. The van der Waals surface area contributed by atoms with Gasteiger partial charge in [0.15, 0.2) is 0 Å². The van der Waals surface area contributed by atoms with Crippen LogP contribution in [0.4, 0.5) is 10.1 Å². The second-order valence-corrected chi connectivity index (χ2v) is 6.88. The van der Waals surface area contributed by atoms with Crippen LogP contribution in [0.2, 0.25) is 0 Å². The number of piperazine rings is 1. The summed E-state index contributed by atoms with van der Waals surface area (Å²) < 4.78 is 13.9. The van der Waals surface area contributed by atoms with Crippen molar-refractivity contribution in [3.8, 4) is 0 Å². The first kappa shape index (κ1) is 20.2. The van der Waals surface area contributed by atoms with Crippen LogP contribution in [0.15, 0.2) is 24.3 Å². The predicted octanol–water partition coefficient (Wildman–Crippen LogP) is 1.27. The van der Waals surface area contributed by atoms with Gasteiger partial charge in [-0.15, -0.1) is 0 Å². The smallest absolute Gasteiger partial charge is 0.224 e. The second kappa shape index (κ2) is 9.52. The van der Waals surface area contributed by atoms with Crippen LogP contribution in [0.3, 0.4) is 0 Å². The van der Waals surface area contributed by atoms with Crippen molar-refractivity contribution < 1.29 is 14.0 Å². The lowest BCUT2D eigenvalue weighted by Gasteiger charge is -2.36. The van der Waals surface area contributed by atoms with E-state index in [0.29, 0.717) is 51.4 Å². The normalized spacial score (nSPS) is 14.7. The van der Waals surface area contributed by atoms with Crippen molar-refractivity contribution in [3.63, 3.8) is 0 Å². The van der Waals surface area contributed by atoms with Crippen molar-refractivity contribution in [1.29, 1.82) is 0 Å². The van der Waals surface area contributed by atoms with E-state index < -0.39 is 0 Å². The maximum absolute atomic E-state index is 13.9. The predicted molar refractivity (Wildman–Crippen MR) is 101 cm³/mol. The summed E-state index contributed by atoms with van der Waals surface area (Å²) in [5.74, 6) is -0.191. The number of hydrogen-bond donors (Lipinski definition) is 0. The zero-order valence-corrected chi connectivity index (χ0v) is 15.9. The van der Waals surface area contributed by atoms with E-state index in [1.165, 1.54) is 13.0 Å². The van der Waals surface area contributed by atoms with Gasteiger partial charge in [-0.1, -0.05) is 12.1 Å². The molecule has 0 aliphatic carbocycles. The van der Waals surface area contributed by atoms with Gasteiger partial charge in [0.1, 0.15) is 5.82 Å². The van der Waals surface area contributed by atoms with Crippen molar-refractivity contribution in [2.24, 2.45) is 0 Å². The molecule has 144 valence electrons. The first-order valence-electron chi connectivity index (χ1n) is 9.06. The van der Waals surface area contributed by atoms with E-state index in [1.807, 2.05) is 34.9 Å². The first-order chi connectivity index (χ1) is 12.4. The molecule has 1 aromatic rings. The van der Waals surface area contributed by atoms with Crippen LogP contribution < -0.4 is 4.90 Å². The molecule has 0 bridgehead atoms. The van der Waals surface area contributed by atoms with Gasteiger partial charge >= 0.3 is 0 Å². The van der Waals surface area contributed by atoms with Crippen LogP contribution in [0.25, 0.3) is 0 Å². The van der Waals surface area contributed by atoms with Crippen molar-refractivity contribution in [3.05, 3.63) is 30.1 Å². The molecule has 0 saturated carbocycles. The molecular weight excluding hydrogens is 335 g/mol. The summed E-state index contributed by atoms with van der Waals surface area (Å²) in [6.07, 6.45) is 0.326. The molecular formula is C19H29FN4O2. The average molecular weight is 364 g/mol. The summed E-state index contributed by atoms with van der Waals surface area (Å²) in [6, 6.07) is 6.72. The number of halogens is 1. The number of benzene rings is 1. The molecule has 2 rings (SSSR count). The van der Waals surface area contributed by atoms with E-state index in [-0.39, 0.29) is 17.6 Å². The zero-order valence-electron chi connectivity index (χ0n) is 15.9. The molecule has 0 N–H and O–H groups in total. The summed E-state index contributed by atoms with van der Waals surface area (Å²) in [5, 5.41) is 0. The van der Waals surface area contributed by atoms with Gasteiger partial charge in [-0.25, -0.2) is 4.39 Å². The molecule has 26 heavy (non-hydrogen) atoms. The number of hydrogen-bond acceptors (Lipinski definition) is 4. The number of anilines is 1. The molecule has 0 spiro atoms. The van der Waals surface area contributed by atoms with Crippen LogP contribution in [-0.2, 0) is 9.59 Å². The molecule has 1 heterocycles. The Hall–Kier alpha value is -2.15. The average Bonchev–Trinajstić information content (AvgIpc) is 2.61. The van der Waals surface area contributed by atoms with Gasteiger partial charge in [0.2, 0.25) is 11.8 Å². The van der Waals surface area contributed by atoms with Crippen LogP contribution in [-0.4, -0.2) is 86.4 Å². The van der Waals surface area contributed by atoms with Gasteiger partial charge in [0.25, 0.3) is 0 Å². The minimum atomic E-state index is -0.231. The van der Waals surface area contributed by atoms with E-state index in [0.717, 1.165) is 6.54 Å². The lowest BCUT2D eigenvalue weighted by atomic mass is 10.2. The first-order valence-corrected chi connectivity index (χ1v) is 9.06. The maximum atomic E-state index is 13.9. The highest BCUT2D eigenvalue weighted by Gasteiger charge is 2.23. The number of para-hydroxylation sites is 1. The van der Waals surface area contributed by atoms with E-state index in [2.05, 4.69) is 0 Å². The molecule has 1 aliphatic rings. The number of carbonyl (C=O) groups is 2. The van der Waals surface area contributed by atoms with E-state index >= 15 is 0 Å². The number of amides is 2. The number of nitrogens with zero attached hydrogens (tertiary/aromatic N) is 4. The number of likely N-dealkylation sites (N-methyl/N-ethyl adjacent to an activating group) is 1. The molecule has 1 aliphatic heterocycles. The monoisotopic (exact) mass is 364 g/mol. The second-order valence-electron chi connectivity index (χ2n) is 6.88. The van der Waals surface area contributed by atoms with E-state index in [4.69, 9.17) is 0 Å². The fourth-order valence-electron chi connectivity index (χ4n) is 3.04. The largest absolute Gasteiger partial charge is 0.366 e. The van der Waals surface area contributed by atoms with Gasteiger partial charge in [0, 0.05) is 59.2 Å². The highest BCUT2D eigenvalue weighted by molar-refractivity contribution is 5.78. The van der Waals surface area contributed by atoms with Crippen molar-refractivity contribution in [2.45, 2.75) is 13.3 Å². The summed E-state index contributed by atoms with van der Waals surface area (Å²) in [4.78, 5) is 31.7. The Morgan fingerprint density at radius 3 is 2.27 bits per heavy atom. The van der Waals surface area contributed by atoms with Crippen LogP contribution >= 0.6 is 0 Å². The maximum Gasteiger partial charge on any atom is 0.224 e. The molecule has 0 aromatic heterocycles. The van der Waals surface area contributed by atoms with Crippen LogP contribution in [0, 0.1) is 5.82 Å². The molecule has 0 unspecified atom stereocenters. The Morgan fingerprint density at radius 1 is 1.04 bits per heavy atom. The molecule has 1 saturated heterocycles. The zero-order chi connectivity index (χ0) is 19.1. The fourth-order valence-corrected chi connectivity index (χ4v) is 3.04. The Balaban J connectivity index is 1.80. The van der Waals surface area contributed by atoms with Crippen molar-refractivity contribution in [2.75, 3.05) is 64.8 Å². The molecule has 7 heteroatoms. The third kappa shape index (κ3) is 5.69. The van der Waals surface area contributed by atoms with Gasteiger partial charge in [-0.05, 0) is 26.2 Å². The molecule has 6 nitrogen and oxygen atoms in total. The fraction of sp³-hybridized carbons (Fsp3) is 0.579. The molecule has 0 radical (unpaired) electrons. The molecule has 0 atom stereocenters. The van der Waals surface area contributed by atoms with Crippen molar-refractivity contribution >= 4 is 17.5 Å².